The minimum atomic E-state index is -0.314. The number of rotatable bonds is 10. The Morgan fingerprint density at radius 1 is 1.05 bits per heavy atom. The van der Waals surface area contributed by atoms with Gasteiger partial charge in [0.1, 0.15) is 41.8 Å². The monoisotopic (exact) mass is 580 g/mol. The molecule has 0 radical (unpaired) electrons. The second-order valence-corrected chi connectivity index (χ2v) is 9.38. The van der Waals surface area contributed by atoms with Gasteiger partial charge >= 0.3 is 0 Å². The van der Waals surface area contributed by atoms with Gasteiger partial charge in [0.25, 0.3) is 0 Å². The fourth-order valence-corrected chi connectivity index (χ4v) is 4.39. The van der Waals surface area contributed by atoms with Gasteiger partial charge in [0.2, 0.25) is 0 Å². The molecule has 0 aliphatic heterocycles. The summed E-state index contributed by atoms with van der Waals surface area (Å²) in [6.45, 7) is 4.90. The molecule has 2 N–H and O–H groups in total. The summed E-state index contributed by atoms with van der Waals surface area (Å²) in [6.07, 6.45) is 1.49. The van der Waals surface area contributed by atoms with E-state index in [1.165, 1.54) is 18.5 Å². The van der Waals surface area contributed by atoms with Gasteiger partial charge < -0.3 is 19.7 Å². The summed E-state index contributed by atoms with van der Waals surface area (Å²) in [5.41, 5.74) is 3.03. The molecule has 3 aromatic carbocycles. The quantitative estimate of drug-likeness (QED) is 0.113. The smallest absolute Gasteiger partial charge is 0.141 e. The molecule has 0 bridgehead atoms. The number of nitrogens with one attached hydrogen (secondary N) is 1. The third-order valence-corrected chi connectivity index (χ3v) is 6.25. The molecule has 40 heavy (non-hydrogen) atoms. The first-order valence-corrected chi connectivity index (χ1v) is 13.8. The average molecular weight is 581 g/mol. The third-order valence-electron chi connectivity index (χ3n) is 5.76. The first-order valence-electron chi connectivity index (χ1n) is 12.8. The van der Waals surface area contributed by atoms with Crippen LogP contribution in [-0.4, -0.2) is 32.5 Å². The van der Waals surface area contributed by atoms with Crippen molar-refractivity contribution < 1.29 is 18.8 Å². The molecule has 0 aliphatic rings. The Hall–Kier alpha value is -3.63. The number of anilines is 2. The zero-order chi connectivity index (χ0) is 28.5. The van der Waals surface area contributed by atoms with E-state index < -0.39 is 0 Å². The van der Waals surface area contributed by atoms with E-state index in [1.54, 1.807) is 24.3 Å². The molecule has 0 aliphatic carbocycles. The van der Waals surface area contributed by atoms with Crippen LogP contribution in [0.15, 0.2) is 83.5 Å². The van der Waals surface area contributed by atoms with E-state index in [1.807, 2.05) is 50.2 Å². The second-order valence-electron chi connectivity index (χ2n) is 8.52. The molecule has 2 aromatic heterocycles. The van der Waals surface area contributed by atoms with E-state index in [0.29, 0.717) is 51.7 Å². The van der Waals surface area contributed by atoms with Crippen LogP contribution in [0.4, 0.5) is 15.9 Å². The lowest BCUT2D eigenvalue weighted by Gasteiger charge is -2.12. The Bertz CT molecular complexity index is 1570. The first-order chi connectivity index (χ1) is 19.5. The zero-order valence-corrected chi connectivity index (χ0v) is 23.8. The summed E-state index contributed by atoms with van der Waals surface area (Å²) in [5, 5.41) is 15.6. The Balaban J connectivity index is 0.00000181. The minimum Gasteiger partial charge on any atom is -0.487 e. The summed E-state index contributed by atoms with van der Waals surface area (Å²) in [7, 11) is 0. The van der Waals surface area contributed by atoms with Gasteiger partial charge in [-0.25, -0.2) is 14.4 Å². The predicted molar refractivity (Wildman–Crippen MR) is 160 cm³/mol. The zero-order valence-electron chi connectivity index (χ0n) is 22.1. The van der Waals surface area contributed by atoms with Gasteiger partial charge in [-0.2, -0.15) is 17.7 Å². The predicted octanol–water partition coefficient (Wildman–Crippen LogP) is 8.15. The molecule has 0 atom stereocenters. The van der Waals surface area contributed by atoms with Crippen molar-refractivity contribution in [2.24, 2.45) is 0 Å². The van der Waals surface area contributed by atoms with Crippen molar-refractivity contribution in [1.29, 1.82) is 0 Å². The maximum absolute atomic E-state index is 13.4. The number of hydrogen-bond acceptors (Lipinski definition) is 8. The van der Waals surface area contributed by atoms with Crippen LogP contribution < -0.4 is 10.1 Å². The Kier molecular flexibility index (Phi) is 10.4. The van der Waals surface area contributed by atoms with E-state index in [-0.39, 0.29) is 19.0 Å². The average Bonchev–Trinajstić information content (AvgIpc) is 3.42. The molecular formula is C30H30ClFN4O3S. The van der Waals surface area contributed by atoms with Crippen molar-refractivity contribution in [3.63, 3.8) is 0 Å². The number of halogens is 2. The number of hydroxylamine groups is 2. The normalized spacial score (nSPS) is 10.9. The largest absolute Gasteiger partial charge is 0.487 e. The number of nitrogens with zero attached hydrogens (tertiary/aromatic N) is 3. The number of thiol groups is 1. The second kappa shape index (κ2) is 14.1. The van der Waals surface area contributed by atoms with Crippen LogP contribution >= 0.6 is 24.2 Å². The SMILES string of the molecule is CC.ON(CCS)Cc1ccc(-c2ccc3ncnc(Nc4ccc(OCc5cccc(F)c5)c(Cl)c4)c3c2)o1. The van der Waals surface area contributed by atoms with Gasteiger partial charge in [0.05, 0.1) is 17.1 Å². The van der Waals surface area contributed by atoms with Crippen LogP contribution in [0.5, 0.6) is 5.75 Å². The van der Waals surface area contributed by atoms with Crippen LogP contribution in [0.2, 0.25) is 5.02 Å². The molecule has 7 nitrogen and oxygen atoms in total. The van der Waals surface area contributed by atoms with Gasteiger partial charge in [0.15, 0.2) is 0 Å². The molecular weight excluding hydrogens is 551 g/mol. The fourth-order valence-electron chi connectivity index (χ4n) is 3.92. The number of benzene rings is 3. The molecule has 0 spiro atoms. The first kappa shape index (κ1) is 29.4. The minimum absolute atomic E-state index is 0.198. The highest BCUT2D eigenvalue weighted by Crippen LogP contribution is 2.33. The molecule has 0 saturated heterocycles. The highest BCUT2D eigenvalue weighted by Gasteiger charge is 2.12. The van der Waals surface area contributed by atoms with Gasteiger partial charge in [-0.1, -0.05) is 37.6 Å². The van der Waals surface area contributed by atoms with Crippen LogP contribution in [0, 0.1) is 5.82 Å². The van der Waals surface area contributed by atoms with E-state index in [4.69, 9.17) is 20.8 Å². The van der Waals surface area contributed by atoms with Crippen LogP contribution in [0.25, 0.3) is 22.2 Å². The lowest BCUT2D eigenvalue weighted by Crippen LogP contribution is -2.20. The van der Waals surface area contributed by atoms with Crippen molar-refractivity contribution in [1.82, 2.24) is 15.0 Å². The summed E-state index contributed by atoms with van der Waals surface area (Å²) < 4.78 is 25.1. The maximum atomic E-state index is 13.4. The van der Waals surface area contributed by atoms with Crippen LogP contribution in [-0.2, 0) is 13.2 Å². The molecule has 5 aromatic rings. The number of fused-ring (bicyclic) bond motifs is 1. The summed E-state index contributed by atoms with van der Waals surface area (Å²) in [5.74, 6) is 2.62. The van der Waals surface area contributed by atoms with Crippen molar-refractivity contribution in [3.05, 3.63) is 101 Å². The highest BCUT2D eigenvalue weighted by molar-refractivity contribution is 7.80. The van der Waals surface area contributed by atoms with Crippen molar-refractivity contribution in [3.8, 4) is 17.1 Å². The van der Waals surface area contributed by atoms with Crippen molar-refractivity contribution >= 4 is 46.6 Å². The molecule has 0 amide bonds. The Labute approximate surface area is 243 Å². The number of aromatic nitrogens is 2. The molecule has 0 unspecified atom stereocenters. The Morgan fingerprint density at radius 2 is 1.90 bits per heavy atom. The maximum Gasteiger partial charge on any atom is 0.141 e. The highest BCUT2D eigenvalue weighted by atomic mass is 35.5. The summed E-state index contributed by atoms with van der Waals surface area (Å²) in [6, 6.07) is 21.0. The van der Waals surface area contributed by atoms with E-state index in [0.717, 1.165) is 21.5 Å². The van der Waals surface area contributed by atoms with Crippen molar-refractivity contribution in [2.45, 2.75) is 27.0 Å². The molecule has 0 saturated carbocycles. The van der Waals surface area contributed by atoms with Gasteiger partial charge in [-0.3, -0.25) is 0 Å². The van der Waals surface area contributed by atoms with E-state index in [2.05, 4.69) is 27.9 Å². The van der Waals surface area contributed by atoms with E-state index >= 15 is 0 Å². The third kappa shape index (κ3) is 7.51. The summed E-state index contributed by atoms with van der Waals surface area (Å²) in [4.78, 5) is 8.80. The lowest BCUT2D eigenvalue weighted by atomic mass is 10.1. The number of ether oxygens (including phenoxy) is 1. The van der Waals surface area contributed by atoms with E-state index in [9.17, 15) is 9.60 Å². The molecule has 5 rings (SSSR count). The summed E-state index contributed by atoms with van der Waals surface area (Å²) >= 11 is 10.6. The van der Waals surface area contributed by atoms with Crippen LogP contribution in [0.1, 0.15) is 25.2 Å². The van der Waals surface area contributed by atoms with Gasteiger partial charge in [0, 0.05) is 28.9 Å². The van der Waals surface area contributed by atoms with Gasteiger partial charge in [-0.05, 0) is 66.2 Å². The number of furan rings is 1. The molecule has 2 heterocycles. The van der Waals surface area contributed by atoms with Crippen molar-refractivity contribution in [2.75, 3.05) is 17.6 Å². The molecule has 208 valence electrons. The van der Waals surface area contributed by atoms with Crippen LogP contribution in [0.3, 0.4) is 0 Å². The number of hydrogen-bond donors (Lipinski definition) is 3. The van der Waals surface area contributed by atoms with Gasteiger partial charge in [-0.15, -0.1) is 0 Å². The topological polar surface area (TPSA) is 83.7 Å². The lowest BCUT2D eigenvalue weighted by molar-refractivity contribution is -0.0974. The molecule has 0 fully saturated rings. The Morgan fingerprint density at radius 3 is 2.67 bits per heavy atom. The molecule has 10 heteroatoms. The standard InChI is InChI=1S/C28H24ClFN4O3S.C2H6/c29-24-14-21(5-8-27(24)36-16-18-2-1-3-20(30)12-18)33-28-23-13-19(4-7-25(23)31-17-32-28)26-9-6-22(37-26)15-34(35)10-11-38;1-2/h1-9,12-14,17,35,38H,10-11,15-16H2,(H,31,32,33);1-2H3. The fraction of sp³-hybridized carbons (Fsp3) is 0.200.